The van der Waals surface area contributed by atoms with Crippen molar-refractivity contribution in [3.63, 3.8) is 0 Å². The van der Waals surface area contributed by atoms with Crippen LogP contribution >= 0.6 is 23.4 Å². The highest BCUT2D eigenvalue weighted by molar-refractivity contribution is 7.98. The zero-order valence-corrected chi connectivity index (χ0v) is 14.0. The van der Waals surface area contributed by atoms with E-state index in [2.05, 4.69) is 10.9 Å². The molecule has 0 bridgehead atoms. The Hall–Kier alpha value is -2.58. The van der Waals surface area contributed by atoms with Crippen molar-refractivity contribution in [2.75, 3.05) is 6.26 Å². The summed E-state index contributed by atoms with van der Waals surface area (Å²) >= 11 is 7.23. The molecular weight excluding hydrogens is 354 g/mol. The number of hydrazine groups is 1. The third-order valence-corrected chi connectivity index (χ3v) is 4.11. The quantitative estimate of drug-likeness (QED) is 0.492. The van der Waals surface area contributed by atoms with Crippen LogP contribution in [0.4, 0.5) is 5.69 Å². The summed E-state index contributed by atoms with van der Waals surface area (Å²) in [5.74, 6) is -1.42. The Balaban J connectivity index is 2.17. The van der Waals surface area contributed by atoms with Crippen molar-refractivity contribution in [3.05, 3.63) is 68.7 Å². The molecule has 0 unspecified atom stereocenters. The largest absolute Gasteiger partial charge is 0.282 e. The summed E-state index contributed by atoms with van der Waals surface area (Å²) in [5.41, 5.74) is 4.03. The van der Waals surface area contributed by atoms with Crippen LogP contribution in [-0.4, -0.2) is 23.0 Å². The SMILES string of the molecule is CSc1ccc([N+](=O)[O-])c(C(=O)NNC(=O)c2ccccc2Cl)c1. The molecule has 0 heterocycles. The zero-order valence-electron chi connectivity index (χ0n) is 12.4. The molecule has 2 aromatic rings. The molecule has 2 aromatic carbocycles. The van der Waals surface area contributed by atoms with E-state index in [4.69, 9.17) is 11.6 Å². The van der Waals surface area contributed by atoms with Gasteiger partial charge in [0.05, 0.1) is 15.5 Å². The molecule has 24 heavy (non-hydrogen) atoms. The molecule has 9 heteroatoms. The Labute approximate surface area is 146 Å². The molecule has 0 aliphatic carbocycles. The maximum atomic E-state index is 12.2. The zero-order chi connectivity index (χ0) is 17.7. The number of nitro benzene ring substituents is 1. The average Bonchev–Trinajstić information content (AvgIpc) is 2.59. The van der Waals surface area contributed by atoms with Crippen LogP contribution in [0.5, 0.6) is 0 Å². The molecule has 0 spiro atoms. The second-order valence-corrected chi connectivity index (χ2v) is 5.82. The van der Waals surface area contributed by atoms with Crippen molar-refractivity contribution in [2.45, 2.75) is 4.90 Å². The highest BCUT2D eigenvalue weighted by Crippen LogP contribution is 2.24. The van der Waals surface area contributed by atoms with Gasteiger partial charge in [0.15, 0.2) is 0 Å². The first-order chi connectivity index (χ1) is 11.4. The van der Waals surface area contributed by atoms with E-state index in [1.807, 2.05) is 0 Å². The first kappa shape index (κ1) is 17.8. The van der Waals surface area contributed by atoms with Crippen LogP contribution in [0.1, 0.15) is 20.7 Å². The lowest BCUT2D eigenvalue weighted by molar-refractivity contribution is -0.385. The predicted octanol–water partition coefficient (Wildman–Crippen LogP) is 3.04. The normalized spacial score (nSPS) is 10.1. The first-order valence-electron chi connectivity index (χ1n) is 6.61. The molecular formula is C15H12ClN3O4S. The number of rotatable bonds is 4. The van der Waals surface area contributed by atoms with E-state index in [-0.39, 0.29) is 21.8 Å². The molecule has 0 atom stereocenters. The highest BCUT2D eigenvalue weighted by atomic mass is 35.5. The Morgan fingerprint density at radius 3 is 2.29 bits per heavy atom. The van der Waals surface area contributed by atoms with E-state index >= 15 is 0 Å². The van der Waals surface area contributed by atoms with Gasteiger partial charge in [0.1, 0.15) is 5.56 Å². The Bertz CT molecular complexity index is 813. The average molecular weight is 366 g/mol. The van der Waals surface area contributed by atoms with Gasteiger partial charge >= 0.3 is 0 Å². The number of nitro groups is 1. The standard InChI is InChI=1S/C15H12ClN3O4S/c1-24-9-6-7-13(19(22)23)11(8-9)15(21)18-17-14(20)10-4-2-3-5-12(10)16/h2-8H,1H3,(H,17,20)(H,18,21). The van der Waals surface area contributed by atoms with Crippen LogP contribution in [0, 0.1) is 10.1 Å². The molecule has 0 fully saturated rings. The van der Waals surface area contributed by atoms with Crippen LogP contribution in [-0.2, 0) is 0 Å². The molecule has 0 aliphatic rings. The van der Waals surface area contributed by atoms with Gasteiger partial charge in [-0.1, -0.05) is 23.7 Å². The third kappa shape index (κ3) is 4.03. The van der Waals surface area contributed by atoms with Gasteiger partial charge in [-0.2, -0.15) is 0 Å². The van der Waals surface area contributed by atoms with E-state index in [0.29, 0.717) is 4.90 Å². The fourth-order valence-corrected chi connectivity index (χ4v) is 2.54. The molecule has 0 saturated heterocycles. The second kappa shape index (κ2) is 7.80. The van der Waals surface area contributed by atoms with Crippen LogP contribution in [0.15, 0.2) is 47.4 Å². The maximum Gasteiger partial charge on any atom is 0.282 e. The summed E-state index contributed by atoms with van der Waals surface area (Å²) in [6.07, 6.45) is 1.78. The number of amides is 2. The fourth-order valence-electron chi connectivity index (χ4n) is 1.88. The van der Waals surface area contributed by atoms with Crippen LogP contribution in [0.25, 0.3) is 0 Å². The molecule has 2 N–H and O–H groups in total. The highest BCUT2D eigenvalue weighted by Gasteiger charge is 2.21. The van der Waals surface area contributed by atoms with Gasteiger partial charge in [-0.15, -0.1) is 11.8 Å². The number of nitrogens with one attached hydrogen (secondary N) is 2. The van der Waals surface area contributed by atoms with Crippen LogP contribution in [0.3, 0.4) is 0 Å². The molecule has 0 aliphatic heterocycles. The van der Waals surface area contributed by atoms with Crippen LogP contribution in [0.2, 0.25) is 5.02 Å². The molecule has 2 amide bonds. The lowest BCUT2D eigenvalue weighted by Gasteiger charge is -2.09. The number of carbonyl (C=O) groups excluding carboxylic acids is 2. The number of hydrogen-bond donors (Lipinski definition) is 2. The van der Waals surface area contributed by atoms with Crippen molar-refractivity contribution >= 4 is 40.9 Å². The first-order valence-corrected chi connectivity index (χ1v) is 8.22. The second-order valence-electron chi connectivity index (χ2n) is 4.53. The van der Waals surface area contributed by atoms with E-state index < -0.39 is 16.7 Å². The predicted molar refractivity (Wildman–Crippen MR) is 91.3 cm³/mol. The van der Waals surface area contributed by atoms with E-state index in [9.17, 15) is 19.7 Å². The smallest absolute Gasteiger partial charge is 0.267 e. The van der Waals surface area contributed by atoms with Gasteiger partial charge in [0.25, 0.3) is 17.5 Å². The minimum atomic E-state index is -0.794. The van der Waals surface area contributed by atoms with Gasteiger partial charge in [-0.05, 0) is 30.5 Å². The maximum absolute atomic E-state index is 12.2. The van der Waals surface area contributed by atoms with Gasteiger partial charge in [0.2, 0.25) is 0 Å². The number of nitrogens with zero attached hydrogens (tertiary/aromatic N) is 1. The Morgan fingerprint density at radius 2 is 1.71 bits per heavy atom. The topological polar surface area (TPSA) is 101 Å². The van der Waals surface area contributed by atoms with Crippen LogP contribution < -0.4 is 10.9 Å². The lowest BCUT2D eigenvalue weighted by Crippen LogP contribution is -2.41. The van der Waals surface area contributed by atoms with Gasteiger partial charge in [-0.3, -0.25) is 30.6 Å². The minimum absolute atomic E-state index is 0.147. The van der Waals surface area contributed by atoms with Gasteiger partial charge in [0, 0.05) is 11.0 Å². The van der Waals surface area contributed by atoms with Crippen molar-refractivity contribution in [2.24, 2.45) is 0 Å². The Morgan fingerprint density at radius 1 is 1.08 bits per heavy atom. The molecule has 124 valence electrons. The van der Waals surface area contributed by atoms with Crippen molar-refractivity contribution in [3.8, 4) is 0 Å². The van der Waals surface area contributed by atoms with Crippen molar-refractivity contribution in [1.82, 2.24) is 10.9 Å². The molecule has 0 aromatic heterocycles. The monoisotopic (exact) mass is 365 g/mol. The summed E-state index contributed by atoms with van der Waals surface area (Å²) in [4.78, 5) is 35.3. The minimum Gasteiger partial charge on any atom is -0.267 e. The Kier molecular flexibility index (Phi) is 5.78. The van der Waals surface area contributed by atoms with E-state index in [1.54, 1.807) is 24.5 Å². The number of thioether (sulfide) groups is 1. The third-order valence-electron chi connectivity index (χ3n) is 3.05. The van der Waals surface area contributed by atoms with Crippen molar-refractivity contribution in [1.29, 1.82) is 0 Å². The van der Waals surface area contributed by atoms with E-state index in [0.717, 1.165) is 0 Å². The summed E-state index contributed by atoms with van der Waals surface area (Å²) < 4.78 is 0. The molecule has 7 nitrogen and oxygen atoms in total. The fraction of sp³-hybridized carbons (Fsp3) is 0.0667. The number of halogens is 1. The lowest BCUT2D eigenvalue weighted by atomic mass is 10.1. The van der Waals surface area contributed by atoms with Crippen molar-refractivity contribution < 1.29 is 14.5 Å². The molecule has 0 saturated carbocycles. The summed E-state index contributed by atoms with van der Waals surface area (Å²) in [6.45, 7) is 0. The number of benzene rings is 2. The molecule has 2 rings (SSSR count). The van der Waals surface area contributed by atoms with E-state index in [1.165, 1.54) is 36.0 Å². The molecule has 0 radical (unpaired) electrons. The summed E-state index contributed by atoms with van der Waals surface area (Å²) in [5, 5.41) is 11.3. The summed E-state index contributed by atoms with van der Waals surface area (Å²) in [7, 11) is 0. The number of carbonyl (C=O) groups is 2. The van der Waals surface area contributed by atoms with Gasteiger partial charge in [-0.25, -0.2) is 0 Å². The summed E-state index contributed by atoms with van der Waals surface area (Å²) in [6, 6.07) is 10.5. The number of hydrogen-bond acceptors (Lipinski definition) is 5. The van der Waals surface area contributed by atoms with Gasteiger partial charge < -0.3 is 0 Å².